The van der Waals surface area contributed by atoms with Crippen molar-refractivity contribution >= 4 is 29.0 Å². The molecule has 0 aliphatic carbocycles. The molecule has 1 fully saturated rings. The summed E-state index contributed by atoms with van der Waals surface area (Å²) in [6.07, 6.45) is 4.57. The number of carbonyl (C=O) groups is 1. The van der Waals surface area contributed by atoms with Crippen molar-refractivity contribution in [1.29, 1.82) is 0 Å². The lowest BCUT2D eigenvalue weighted by atomic mass is 10.2. The summed E-state index contributed by atoms with van der Waals surface area (Å²) in [5, 5.41) is 3.39. The summed E-state index contributed by atoms with van der Waals surface area (Å²) < 4.78 is 0. The second-order valence-electron chi connectivity index (χ2n) is 5.02. The number of hydrogen-bond donors (Lipinski definition) is 2. The maximum atomic E-state index is 12.2. The van der Waals surface area contributed by atoms with Crippen LogP contribution in [-0.4, -0.2) is 24.0 Å². The Morgan fingerprint density at radius 2 is 1.89 bits per heavy atom. The first-order valence-electron chi connectivity index (χ1n) is 6.69. The number of rotatable bonds is 1. The summed E-state index contributed by atoms with van der Waals surface area (Å²) in [5.74, 6) is 0. The topological polar surface area (TPSA) is 58.4 Å². The molecule has 0 aromatic heterocycles. The van der Waals surface area contributed by atoms with Gasteiger partial charge in [-0.05, 0) is 37.5 Å². The van der Waals surface area contributed by atoms with Gasteiger partial charge in [0.2, 0.25) is 0 Å². The minimum atomic E-state index is -0.0501. The molecule has 0 spiro atoms. The average Bonchev–Trinajstić information content (AvgIpc) is 2.64. The highest BCUT2D eigenvalue weighted by atomic mass is 35.5. The zero-order valence-corrected chi connectivity index (χ0v) is 12.0. The Balaban J connectivity index is 2.07. The van der Waals surface area contributed by atoms with E-state index in [0.29, 0.717) is 10.7 Å². The number of likely N-dealkylation sites (tertiary alicyclic amines) is 1. The molecule has 0 saturated carbocycles. The van der Waals surface area contributed by atoms with Crippen molar-refractivity contribution < 1.29 is 4.79 Å². The number of nitrogen functional groups attached to an aromatic ring is 1. The van der Waals surface area contributed by atoms with Crippen LogP contribution in [-0.2, 0) is 0 Å². The molecule has 0 unspecified atom stereocenters. The summed E-state index contributed by atoms with van der Waals surface area (Å²) in [7, 11) is 0. The van der Waals surface area contributed by atoms with Crippen molar-refractivity contribution in [3.05, 3.63) is 22.7 Å². The van der Waals surface area contributed by atoms with Crippen LogP contribution < -0.4 is 11.1 Å². The summed E-state index contributed by atoms with van der Waals surface area (Å²) in [5.41, 5.74) is 7.91. The Kier molecular flexibility index (Phi) is 4.53. The van der Waals surface area contributed by atoms with Crippen molar-refractivity contribution in [1.82, 2.24) is 4.90 Å². The number of benzene rings is 1. The van der Waals surface area contributed by atoms with E-state index in [1.807, 2.05) is 11.8 Å². The fourth-order valence-corrected chi connectivity index (χ4v) is 2.47. The van der Waals surface area contributed by atoms with Crippen molar-refractivity contribution in [2.24, 2.45) is 0 Å². The van der Waals surface area contributed by atoms with E-state index in [2.05, 4.69) is 5.32 Å². The summed E-state index contributed by atoms with van der Waals surface area (Å²) >= 11 is 5.99. The van der Waals surface area contributed by atoms with E-state index in [1.54, 1.807) is 12.1 Å². The van der Waals surface area contributed by atoms with Gasteiger partial charge in [0.05, 0.1) is 10.7 Å². The summed E-state index contributed by atoms with van der Waals surface area (Å²) in [6.45, 7) is 3.56. The molecule has 1 aliphatic heterocycles. The molecule has 0 bridgehead atoms. The third-order valence-electron chi connectivity index (χ3n) is 3.48. The predicted octanol–water partition coefficient (Wildman–Crippen LogP) is 3.64. The van der Waals surface area contributed by atoms with Gasteiger partial charge < -0.3 is 16.0 Å². The number of nitrogens with one attached hydrogen (secondary N) is 1. The van der Waals surface area contributed by atoms with Gasteiger partial charge in [-0.1, -0.05) is 24.4 Å². The van der Waals surface area contributed by atoms with Gasteiger partial charge in [-0.15, -0.1) is 0 Å². The Labute approximate surface area is 118 Å². The molecule has 1 aromatic rings. The molecule has 4 nitrogen and oxygen atoms in total. The van der Waals surface area contributed by atoms with Crippen molar-refractivity contribution in [3.8, 4) is 0 Å². The van der Waals surface area contributed by atoms with E-state index in [9.17, 15) is 4.79 Å². The van der Waals surface area contributed by atoms with Crippen LogP contribution in [0, 0.1) is 6.92 Å². The monoisotopic (exact) mass is 281 g/mol. The lowest BCUT2D eigenvalue weighted by Crippen LogP contribution is -2.35. The molecule has 1 aliphatic rings. The molecule has 0 radical (unpaired) electrons. The Morgan fingerprint density at radius 1 is 1.26 bits per heavy atom. The molecule has 0 atom stereocenters. The van der Waals surface area contributed by atoms with Gasteiger partial charge in [0.1, 0.15) is 0 Å². The quantitative estimate of drug-likeness (QED) is 0.772. The zero-order chi connectivity index (χ0) is 13.8. The Hall–Kier alpha value is -1.42. The average molecular weight is 282 g/mol. The van der Waals surface area contributed by atoms with Crippen LogP contribution in [0.2, 0.25) is 5.02 Å². The number of hydrogen-bond acceptors (Lipinski definition) is 2. The first-order chi connectivity index (χ1) is 9.08. The lowest BCUT2D eigenvalue weighted by Gasteiger charge is -2.21. The number of amides is 2. The van der Waals surface area contributed by atoms with E-state index in [4.69, 9.17) is 17.3 Å². The number of urea groups is 1. The minimum absolute atomic E-state index is 0.0501. The number of halogens is 1. The van der Waals surface area contributed by atoms with E-state index < -0.39 is 0 Å². The molecule has 2 amide bonds. The standard InChI is InChI=1S/C14H20ClN3O/c1-10-8-12(16)11(15)9-13(10)17-14(19)18-6-4-2-3-5-7-18/h8-9H,2-7,16H2,1H3,(H,17,19). The van der Waals surface area contributed by atoms with Crippen molar-refractivity contribution in [3.63, 3.8) is 0 Å². The number of anilines is 2. The van der Waals surface area contributed by atoms with E-state index in [-0.39, 0.29) is 6.03 Å². The Morgan fingerprint density at radius 3 is 2.53 bits per heavy atom. The molecule has 2 rings (SSSR count). The molecular weight excluding hydrogens is 262 g/mol. The van der Waals surface area contributed by atoms with E-state index in [1.165, 1.54) is 12.8 Å². The maximum absolute atomic E-state index is 12.2. The molecule has 104 valence electrons. The first kappa shape index (κ1) is 14.0. The van der Waals surface area contributed by atoms with E-state index >= 15 is 0 Å². The minimum Gasteiger partial charge on any atom is -0.398 e. The largest absolute Gasteiger partial charge is 0.398 e. The van der Waals surface area contributed by atoms with Crippen molar-refractivity contribution in [2.45, 2.75) is 32.6 Å². The number of nitrogens with zero attached hydrogens (tertiary/aromatic N) is 1. The highest BCUT2D eigenvalue weighted by Gasteiger charge is 2.16. The van der Waals surface area contributed by atoms with Gasteiger partial charge in [0, 0.05) is 18.8 Å². The van der Waals surface area contributed by atoms with Gasteiger partial charge in [-0.2, -0.15) is 0 Å². The van der Waals surface area contributed by atoms with Crippen LogP contribution in [0.1, 0.15) is 31.2 Å². The molecular formula is C14H20ClN3O. The first-order valence-corrected chi connectivity index (χ1v) is 7.07. The second-order valence-corrected chi connectivity index (χ2v) is 5.43. The van der Waals surface area contributed by atoms with Crippen LogP contribution in [0.4, 0.5) is 16.2 Å². The number of nitrogens with two attached hydrogens (primary N) is 1. The summed E-state index contributed by atoms with van der Waals surface area (Å²) in [4.78, 5) is 14.1. The molecule has 1 aromatic carbocycles. The predicted molar refractivity (Wildman–Crippen MR) is 79.7 cm³/mol. The van der Waals surface area contributed by atoms with Gasteiger partial charge >= 0.3 is 6.03 Å². The molecule has 5 heteroatoms. The van der Waals surface area contributed by atoms with Gasteiger partial charge in [0.15, 0.2) is 0 Å². The third-order valence-corrected chi connectivity index (χ3v) is 3.81. The third kappa shape index (κ3) is 3.53. The van der Waals surface area contributed by atoms with Gasteiger partial charge in [-0.3, -0.25) is 0 Å². The van der Waals surface area contributed by atoms with Crippen LogP contribution >= 0.6 is 11.6 Å². The normalized spacial score (nSPS) is 16.0. The maximum Gasteiger partial charge on any atom is 0.321 e. The van der Waals surface area contributed by atoms with Gasteiger partial charge in [0.25, 0.3) is 0 Å². The van der Waals surface area contributed by atoms with Crippen LogP contribution in [0.15, 0.2) is 12.1 Å². The SMILES string of the molecule is Cc1cc(N)c(Cl)cc1NC(=O)N1CCCCCC1. The second kappa shape index (κ2) is 6.15. The highest BCUT2D eigenvalue weighted by Crippen LogP contribution is 2.27. The highest BCUT2D eigenvalue weighted by molar-refractivity contribution is 6.33. The van der Waals surface area contributed by atoms with Crippen LogP contribution in [0.3, 0.4) is 0 Å². The fourth-order valence-electron chi connectivity index (χ4n) is 2.31. The van der Waals surface area contributed by atoms with Crippen LogP contribution in [0.5, 0.6) is 0 Å². The molecule has 1 saturated heterocycles. The molecule has 1 heterocycles. The van der Waals surface area contributed by atoms with E-state index in [0.717, 1.165) is 37.2 Å². The fraction of sp³-hybridized carbons (Fsp3) is 0.500. The number of aryl methyl sites for hydroxylation is 1. The summed E-state index contributed by atoms with van der Waals surface area (Å²) in [6, 6.07) is 3.44. The van der Waals surface area contributed by atoms with Gasteiger partial charge in [-0.25, -0.2) is 4.79 Å². The zero-order valence-electron chi connectivity index (χ0n) is 11.2. The molecule has 19 heavy (non-hydrogen) atoms. The lowest BCUT2D eigenvalue weighted by molar-refractivity contribution is 0.213. The smallest absolute Gasteiger partial charge is 0.321 e. The molecule has 3 N–H and O–H groups in total. The Bertz CT molecular complexity index is 468. The number of carbonyl (C=O) groups excluding carboxylic acids is 1. The van der Waals surface area contributed by atoms with Crippen molar-refractivity contribution in [2.75, 3.05) is 24.1 Å². The van der Waals surface area contributed by atoms with Crippen LogP contribution in [0.25, 0.3) is 0 Å².